The van der Waals surface area contributed by atoms with Crippen LogP contribution in [-0.4, -0.2) is 11.9 Å². The van der Waals surface area contributed by atoms with Gasteiger partial charge in [-0.3, -0.25) is 0 Å². The number of hydrogen-bond acceptors (Lipinski definition) is 3. The van der Waals surface area contributed by atoms with Crippen LogP contribution in [0.2, 0.25) is 0 Å². The van der Waals surface area contributed by atoms with Crippen molar-refractivity contribution in [3.8, 4) is 0 Å². The maximum Gasteiger partial charge on any atom is 0.349 e. The van der Waals surface area contributed by atoms with Gasteiger partial charge in [-0.05, 0) is 17.5 Å². The summed E-state index contributed by atoms with van der Waals surface area (Å²) in [7, 11) is 0. The van der Waals surface area contributed by atoms with Crippen molar-refractivity contribution in [2.45, 2.75) is 0 Å². The zero-order valence-corrected chi connectivity index (χ0v) is 7.99. The minimum atomic E-state index is -0.924. The third kappa shape index (κ3) is 1.01. The quantitative estimate of drug-likeness (QED) is 0.501. The van der Waals surface area contributed by atoms with Gasteiger partial charge < -0.3 is 4.74 Å². The molecule has 0 radical (unpaired) electrons. The van der Waals surface area contributed by atoms with E-state index < -0.39 is 17.8 Å². The van der Waals surface area contributed by atoms with E-state index in [1.54, 1.807) is 12.1 Å². The molecule has 0 bridgehead atoms. The van der Waals surface area contributed by atoms with Crippen LogP contribution >= 0.6 is 0 Å². The van der Waals surface area contributed by atoms with Crippen LogP contribution in [0.5, 0.6) is 0 Å². The van der Waals surface area contributed by atoms with Crippen LogP contribution in [0, 0.1) is 5.82 Å². The molecule has 16 heavy (non-hydrogen) atoms. The summed E-state index contributed by atoms with van der Waals surface area (Å²) in [6.45, 7) is 0. The van der Waals surface area contributed by atoms with Crippen LogP contribution in [0.15, 0.2) is 30.3 Å². The Balaban J connectivity index is 2.58. The average molecular weight is 216 g/mol. The van der Waals surface area contributed by atoms with Gasteiger partial charge in [0.05, 0.1) is 5.56 Å². The van der Waals surface area contributed by atoms with Gasteiger partial charge in [0.25, 0.3) is 0 Å². The molecule has 0 saturated carbocycles. The molecule has 78 valence electrons. The summed E-state index contributed by atoms with van der Waals surface area (Å²) in [6, 6.07) is 7.62. The highest BCUT2D eigenvalue weighted by molar-refractivity contribution is 6.20. The van der Waals surface area contributed by atoms with E-state index in [2.05, 4.69) is 4.74 Å². The molecule has 0 N–H and O–H groups in total. The summed E-state index contributed by atoms with van der Waals surface area (Å²) >= 11 is 0. The number of rotatable bonds is 0. The number of carbonyl (C=O) groups excluding carboxylic acids is 2. The second-order valence-electron chi connectivity index (χ2n) is 3.50. The van der Waals surface area contributed by atoms with E-state index in [9.17, 15) is 14.0 Å². The summed E-state index contributed by atoms with van der Waals surface area (Å²) in [5, 5.41) is 0.989. The number of ether oxygens (including phenoxy) is 1. The summed E-state index contributed by atoms with van der Waals surface area (Å²) in [5.74, 6) is -2.32. The molecule has 0 fully saturated rings. The van der Waals surface area contributed by atoms with Gasteiger partial charge in [0, 0.05) is 5.39 Å². The number of esters is 2. The number of benzene rings is 2. The van der Waals surface area contributed by atoms with Crippen LogP contribution in [0.1, 0.15) is 20.7 Å². The lowest BCUT2D eigenvalue weighted by Crippen LogP contribution is -2.20. The van der Waals surface area contributed by atoms with Crippen molar-refractivity contribution in [1.29, 1.82) is 0 Å². The molecule has 3 rings (SSSR count). The van der Waals surface area contributed by atoms with Crippen molar-refractivity contribution in [3.63, 3.8) is 0 Å². The first-order valence-corrected chi connectivity index (χ1v) is 4.66. The molecule has 1 aliphatic heterocycles. The minimum absolute atomic E-state index is 0.160. The molecule has 3 nitrogen and oxygen atoms in total. The topological polar surface area (TPSA) is 43.4 Å². The molecule has 1 aliphatic rings. The molecule has 0 unspecified atom stereocenters. The van der Waals surface area contributed by atoms with Crippen molar-refractivity contribution < 1.29 is 18.7 Å². The molecular formula is C12H5FO3. The van der Waals surface area contributed by atoms with Crippen molar-refractivity contribution >= 4 is 22.7 Å². The van der Waals surface area contributed by atoms with E-state index in [1.807, 2.05) is 0 Å². The standard InChI is InChI=1S/C12H5FO3/c13-8-5-4-6-2-1-3-7-9(6)10(8)12(15)16-11(7)14/h1-5H. The number of cyclic esters (lactones) is 2. The predicted molar refractivity (Wildman–Crippen MR) is 53.7 cm³/mol. The molecule has 4 heteroatoms. The van der Waals surface area contributed by atoms with Crippen LogP contribution in [0.4, 0.5) is 4.39 Å². The highest BCUT2D eigenvalue weighted by Gasteiger charge is 2.29. The second kappa shape index (κ2) is 2.88. The maximum atomic E-state index is 13.5. The van der Waals surface area contributed by atoms with Gasteiger partial charge in [-0.1, -0.05) is 18.2 Å². The molecule has 1 heterocycles. The highest BCUT2D eigenvalue weighted by atomic mass is 19.1. The summed E-state index contributed by atoms with van der Waals surface area (Å²) in [4.78, 5) is 22.8. The zero-order valence-electron chi connectivity index (χ0n) is 7.99. The van der Waals surface area contributed by atoms with E-state index in [1.165, 1.54) is 18.2 Å². The van der Waals surface area contributed by atoms with E-state index in [4.69, 9.17) is 0 Å². The lowest BCUT2D eigenvalue weighted by atomic mass is 9.97. The normalized spacial score (nSPS) is 14.1. The first-order valence-electron chi connectivity index (χ1n) is 4.66. The van der Waals surface area contributed by atoms with Gasteiger partial charge in [0.1, 0.15) is 11.4 Å². The maximum absolute atomic E-state index is 13.5. The van der Waals surface area contributed by atoms with Gasteiger partial charge in [-0.25, -0.2) is 14.0 Å². The molecular weight excluding hydrogens is 211 g/mol. The Morgan fingerprint density at radius 1 is 1.00 bits per heavy atom. The minimum Gasteiger partial charge on any atom is -0.386 e. The Morgan fingerprint density at radius 3 is 2.62 bits per heavy atom. The van der Waals surface area contributed by atoms with Gasteiger partial charge in [-0.15, -0.1) is 0 Å². The Hall–Kier alpha value is -2.23. The van der Waals surface area contributed by atoms with Crippen molar-refractivity contribution in [2.75, 3.05) is 0 Å². The van der Waals surface area contributed by atoms with Crippen LogP contribution in [-0.2, 0) is 4.74 Å². The second-order valence-corrected chi connectivity index (χ2v) is 3.50. The van der Waals surface area contributed by atoms with Crippen molar-refractivity contribution in [3.05, 3.63) is 47.3 Å². The first kappa shape index (κ1) is 9.03. The zero-order chi connectivity index (χ0) is 11.3. The third-order valence-corrected chi connectivity index (χ3v) is 2.60. The molecule has 0 spiro atoms. The smallest absolute Gasteiger partial charge is 0.349 e. The van der Waals surface area contributed by atoms with Crippen LogP contribution in [0.25, 0.3) is 10.8 Å². The molecule has 0 amide bonds. The summed E-state index contributed by atoms with van der Waals surface area (Å²) in [6.07, 6.45) is 0. The predicted octanol–water partition coefficient (Wildman–Crippen LogP) is 2.29. The van der Waals surface area contributed by atoms with Crippen LogP contribution < -0.4 is 0 Å². The summed E-state index contributed by atoms with van der Waals surface area (Å²) in [5.41, 5.74) is 0.0688. The first-order chi connectivity index (χ1) is 7.68. The molecule has 0 saturated heterocycles. The Morgan fingerprint density at radius 2 is 1.81 bits per heavy atom. The fraction of sp³-hybridized carbons (Fsp3) is 0. The Labute approximate surface area is 89.4 Å². The lowest BCUT2D eigenvalue weighted by Gasteiger charge is -2.15. The Bertz CT molecular complexity index is 646. The fourth-order valence-corrected chi connectivity index (χ4v) is 1.91. The van der Waals surface area contributed by atoms with Gasteiger partial charge in [-0.2, -0.15) is 0 Å². The molecule has 0 atom stereocenters. The number of carbonyl (C=O) groups is 2. The van der Waals surface area contributed by atoms with Gasteiger partial charge in [0.15, 0.2) is 0 Å². The van der Waals surface area contributed by atoms with Gasteiger partial charge in [0.2, 0.25) is 0 Å². The van der Waals surface area contributed by atoms with Gasteiger partial charge >= 0.3 is 11.9 Å². The largest absolute Gasteiger partial charge is 0.386 e. The van der Waals surface area contributed by atoms with E-state index >= 15 is 0 Å². The Kier molecular flexibility index (Phi) is 1.63. The molecule has 0 aromatic heterocycles. The van der Waals surface area contributed by atoms with Crippen molar-refractivity contribution in [1.82, 2.24) is 0 Å². The lowest BCUT2D eigenvalue weighted by molar-refractivity contribution is 0.0388. The third-order valence-electron chi connectivity index (χ3n) is 2.60. The summed E-state index contributed by atoms with van der Waals surface area (Å²) < 4.78 is 18.0. The van der Waals surface area contributed by atoms with E-state index in [-0.39, 0.29) is 11.1 Å². The average Bonchev–Trinajstić information content (AvgIpc) is 2.26. The number of hydrogen-bond donors (Lipinski definition) is 0. The highest BCUT2D eigenvalue weighted by Crippen LogP contribution is 2.30. The van der Waals surface area contributed by atoms with E-state index in [0.717, 1.165) is 0 Å². The van der Waals surface area contributed by atoms with Crippen molar-refractivity contribution in [2.24, 2.45) is 0 Å². The monoisotopic (exact) mass is 216 g/mol. The van der Waals surface area contributed by atoms with E-state index in [0.29, 0.717) is 10.8 Å². The van der Waals surface area contributed by atoms with Crippen LogP contribution in [0.3, 0.4) is 0 Å². The fourth-order valence-electron chi connectivity index (χ4n) is 1.91. The SMILES string of the molecule is O=C1OC(=O)c2c(F)ccc3cccc1c23. The molecule has 2 aromatic rings. The molecule has 2 aromatic carbocycles. The molecule has 0 aliphatic carbocycles. The number of halogens is 1.